The Labute approximate surface area is 53.2 Å². The van der Waals surface area contributed by atoms with Crippen LogP contribution >= 0.6 is 0 Å². The lowest BCUT2D eigenvalue weighted by molar-refractivity contribution is 0.234. The van der Waals surface area contributed by atoms with Gasteiger partial charge in [-0.2, -0.15) is 0 Å². The van der Waals surface area contributed by atoms with E-state index in [9.17, 15) is 0 Å². The maximum Gasteiger partial charge on any atom is 0.114 e. The molecule has 0 spiro atoms. The van der Waals surface area contributed by atoms with Crippen LogP contribution in [0.1, 0.15) is 11.3 Å². The monoisotopic (exact) mass is 121 g/mol. The maximum atomic E-state index is 5.05. The van der Waals surface area contributed by atoms with Crippen molar-refractivity contribution in [3.05, 3.63) is 29.8 Å². The van der Waals surface area contributed by atoms with Gasteiger partial charge in [0.25, 0.3) is 0 Å². The minimum atomic E-state index is 0.704. The first-order chi connectivity index (χ1) is 4.47. The molecule has 2 nitrogen and oxygen atoms in total. The first-order valence-electron chi connectivity index (χ1n) is 2.91. The SMILES string of the molecule is C1=Cc2[nH]ccc2CO1. The second kappa shape index (κ2) is 1.65. The Bertz CT molecular complexity index is 237. The summed E-state index contributed by atoms with van der Waals surface area (Å²) < 4.78 is 5.05. The number of fused-ring (bicyclic) bond motifs is 1. The van der Waals surface area contributed by atoms with E-state index >= 15 is 0 Å². The molecule has 0 unspecified atom stereocenters. The predicted octanol–water partition coefficient (Wildman–Crippen LogP) is 1.52. The van der Waals surface area contributed by atoms with Gasteiger partial charge in [0.05, 0.1) is 6.26 Å². The van der Waals surface area contributed by atoms with Gasteiger partial charge in [-0.3, -0.25) is 0 Å². The van der Waals surface area contributed by atoms with Gasteiger partial charge >= 0.3 is 0 Å². The van der Waals surface area contributed by atoms with Crippen molar-refractivity contribution in [3.8, 4) is 0 Å². The van der Waals surface area contributed by atoms with Gasteiger partial charge in [0.1, 0.15) is 6.61 Å². The zero-order valence-electron chi connectivity index (χ0n) is 4.92. The molecule has 0 fully saturated rings. The molecule has 0 amide bonds. The molecule has 0 radical (unpaired) electrons. The van der Waals surface area contributed by atoms with Crippen LogP contribution in [0.3, 0.4) is 0 Å². The standard InChI is InChI=1S/C7H7NO/c1-3-8-7-2-4-9-5-6(1)7/h1-4,8H,5H2. The third kappa shape index (κ3) is 0.633. The molecule has 2 heterocycles. The number of nitrogens with one attached hydrogen (secondary N) is 1. The number of rotatable bonds is 0. The molecule has 2 rings (SSSR count). The molecule has 0 saturated heterocycles. The van der Waals surface area contributed by atoms with Crippen LogP contribution in [-0.4, -0.2) is 4.98 Å². The van der Waals surface area contributed by atoms with Crippen LogP contribution in [0.5, 0.6) is 0 Å². The van der Waals surface area contributed by atoms with E-state index in [1.165, 1.54) is 11.3 Å². The topological polar surface area (TPSA) is 25.0 Å². The number of H-pyrrole nitrogens is 1. The van der Waals surface area contributed by atoms with E-state index in [1.54, 1.807) is 6.26 Å². The summed E-state index contributed by atoms with van der Waals surface area (Å²) >= 11 is 0. The quantitative estimate of drug-likeness (QED) is 0.553. The Morgan fingerprint density at radius 3 is 3.44 bits per heavy atom. The summed E-state index contributed by atoms with van der Waals surface area (Å²) in [4.78, 5) is 3.09. The lowest BCUT2D eigenvalue weighted by Crippen LogP contribution is -1.92. The maximum absolute atomic E-state index is 5.05. The minimum Gasteiger partial charge on any atom is -0.496 e. The predicted molar refractivity (Wildman–Crippen MR) is 34.6 cm³/mol. The van der Waals surface area contributed by atoms with E-state index in [0.29, 0.717) is 6.61 Å². The Morgan fingerprint density at radius 2 is 2.56 bits per heavy atom. The Balaban J connectivity index is 2.53. The summed E-state index contributed by atoms with van der Waals surface area (Å²) in [6.07, 6.45) is 5.56. The number of aromatic amines is 1. The summed E-state index contributed by atoms with van der Waals surface area (Å²) in [6.45, 7) is 0.704. The smallest absolute Gasteiger partial charge is 0.114 e. The van der Waals surface area contributed by atoms with Gasteiger partial charge in [-0.15, -0.1) is 0 Å². The summed E-state index contributed by atoms with van der Waals surface area (Å²) in [7, 11) is 0. The lowest BCUT2D eigenvalue weighted by atomic mass is 10.2. The van der Waals surface area contributed by atoms with Gasteiger partial charge < -0.3 is 9.72 Å². The first kappa shape index (κ1) is 4.68. The highest BCUT2D eigenvalue weighted by atomic mass is 16.5. The summed E-state index contributed by atoms with van der Waals surface area (Å²) in [5.41, 5.74) is 2.40. The average molecular weight is 121 g/mol. The molecule has 0 saturated carbocycles. The van der Waals surface area contributed by atoms with Gasteiger partial charge in [0.2, 0.25) is 0 Å². The fourth-order valence-corrected chi connectivity index (χ4v) is 0.950. The summed E-state index contributed by atoms with van der Waals surface area (Å²) in [6, 6.07) is 2.03. The van der Waals surface area contributed by atoms with E-state index < -0.39 is 0 Å². The van der Waals surface area contributed by atoms with Crippen LogP contribution in [0.2, 0.25) is 0 Å². The molecular weight excluding hydrogens is 114 g/mol. The van der Waals surface area contributed by atoms with Crippen molar-refractivity contribution in [2.24, 2.45) is 0 Å². The van der Waals surface area contributed by atoms with E-state index in [1.807, 2.05) is 18.3 Å². The third-order valence-corrected chi connectivity index (χ3v) is 1.44. The third-order valence-electron chi connectivity index (χ3n) is 1.44. The zero-order chi connectivity index (χ0) is 6.10. The highest BCUT2D eigenvalue weighted by Gasteiger charge is 2.02. The molecule has 1 aliphatic heterocycles. The molecule has 2 heteroatoms. The van der Waals surface area contributed by atoms with Gasteiger partial charge in [-0.25, -0.2) is 0 Å². The van der Waals surface area contributed by atoms with Crippen molar-refractivity contribution < 1.29 is 4.74 Å². The van der Waals surface area contributed by atoms with Crippen LogP contribution in [0.25, 0.3) is 6.08 Å². The first-order valence-corrected chi connectivity index (χ1v) is 2.91. The van der Waals surface area contributed by atoms with Crippen LogP contribution in [-0.2, 0) is 11.3 Å². The van der Waals surface area contributed by atoms with E-state index in [0.717, 1.165) is 0 Å². The van der Waals surface area contributed by atoms with Gasteiger partial charge in [-0.05, 0) is 12.1 Å². The molecule has 1 aliphatic rings. The molecule has 1 aromatic rings. The fourth-order valence-electron chi connectivity index (χ4n) is 0.950. The highest BCUT2D eigenvalue weighted by molar-refractivity contribution is 5.49. The number of aromatic nitrogens is 1. The number of ether oxygens (including phenoxy) is 1. The molecule has 1 aromatic heterocycles. The van der Waals surface area contributed by atoms with Crippen molar-refractivity contribution in [2.45, 2.75) is 6.61 Å². The molecule has 46 valence electrons. The summed E-state index contributed by atoms with van der Waals surface area (Å²) in [5, 5.41) is 0. The Kier molecular flexibility index (Phi) is 0.859. The Hall–Kier alpha value is -1.18. The molecule has 0 atom stereocenters. The highest BCUT2D eigenvalue weighted by Crippen LogP contribution is 2.14. The zero-order valence-corrected chi connectivity index (χ0v) is 4.92. The molecule has 0 aromatic carbocycles. The molecule has 0 aliphatic carbocycles. The van der Waals surface area contributed by atoms with Gasteiger partial charge in [0.15, 0.2) is 0 Å². The van der Waals surface area contributed by atoms with Crippen molar-refractivity contribution in [3.63, 3.8) is 0 Å². The largest absolute Gasteiger partial charge is 0.496 e. The van der Waals surface area contributed by atoms with E-state index in [2.05, 4.69) is 4.98 Å². The van der Waals surface area contributed by atoms with Crippen LogP contribution in [0, 0.1) is 0 Å². The van der Waals surface area contributed by atoms with Gasteiger partial charge in [0, 0.05) is 17.5 Å². The van der Waals surface area contributed by atoms with Crippen molar-refractivity contribution in [1.82, 2.24) is 4.98 Å². The lowest BCUT2D eigenvalue weighted by Gasteiger charge is -2.04. The number of hydrogen-bond acceptors (Lipinski definition) is 1. The minimum absolute atomic E-state index is 0.704. The fraction of sp³-hybridized carbons (Fsp3) is 0.143. The van der Waals surface area contributed by atoms with Crippen molar-refractivity contribution >= 4 is 6.08 Å². The second-order valence-corrected chi connectivity index (χ2v) is 2.03. The normalized spacial score (nSPS) is 14.7. The van der Waals surface area contributed by atoms with Crippen LogP contribution in [0.15, 0.2) is 18.5 Å². The van der Waals surface area contributed by atoms with Crippen LogP contribution in [0.4, 0.5) is 0 Å². The van der Waals surface area contributed by atoms with Gasteiger partial charge in [-0.1, -0.05) is 0 Å². The molecule has 9 heavy (non-hydrogen) atoms. The van der Waals surface area contributed by atoms with E-state index in [4.69, 9.17) is 4.74 Å². The van der Waals surface area contributed by atoms with E-state index in [-0.39, 0.29) is 0 Å². The number of hydrogen-bond donors (Lipinski definition) is 1. The van der Waals surface area contributed by atoms with Crippen molar-refractivity contribution in [2.75, 3.05) is 0 Å². The van der Waals surface area contributed by atoms with Crippen molar-refractivity contribution in [1.29, 1.82) is 0 Å². The van der Waals surface area contributed by atoms with Crippen LogP contribution < -0.4 is 0 Å². The summed E-state index contributed by atoms with van der Waals surface area (Å²) in [5.74, 6) is 0. The average Bonchev–Trinajstić information content (AvgIpc) is 2.33. The molecule has 1 N–H and O–H groups in total. The Morgan fingerprint density at radius 1 is 1.56 bits per heavy atom. The second-order valence-electron chi connectivity index (χ2n) is 2.03. The molecular formula is C7H7NO. The molecule has 0 bridgehead atoms.